The minimum absolute atomic E-state index is 0.632. The number of oxime groups is 1. The second-order valence-electron chi connectivity index (χ2n) is 4.76. The third-order valence-electron chi connectivity index (χ3n) is 3.19. The summed E-state index contributed by atoms with van der Waals surface area (Å²) in [6, 6.07) is 17.1. The van der Waals surface area contributed by atoms with E-state index < -0.39 is 5.97 Å². The van der Waals surface area contributed by atoms with Gasteiger partial charge in [-0.05, 0) is 17.2 Å². The van der Waals surface area contributed by atoms with E-state index in [1.165, 1.54) is 13.2 Å². The maximum Gasteiger partial charge on any atom is 0.328 e. The van der Waals surface area contributed by atoms with Crippen molar-refractivity contribution in [3.63, 3.8) is 0 Å². The summed E-state index contributed by atoms with van der Waals surface area (Å²) in [7, 11) is 1.49. The van der Waals surface area contributed by atoms with E-state index in [2.05, 4.69) is 11.7 Å². The van der Waals surface area contributed by atoms with Crippen LogP contribution in [0.3, 0.4) is 0 Å². The summed E-state index contributed by atoms with van der Waals surface area (Å²) in [5.74, 6) is -0.979. The van der Waals surface area contributed by atoms with Gasteiger partial charge in [0.1, 0.15) is 12.8 Å². The maximum absolute atomic E-state index is 10.5. The van der Waals surface area contributed by atoms with E-state index in [-0.39, 0.29) is 0 Å². The molecule has 4 heteroatoms. The Hall–Kier alpha value is -3.14. The van der Waals surface area contributed by atoms with E-state index in [9.17, 15) is 4.79 Å². The molecule has 116 valence electrons. The molecule has 0 heterocycles. The van der Waals surface area contributed by atoms with Crippen LogP contribution in [0.1, 0.15) is 16.7 Å². The molecule has 0 saturated heterocycles. The van der Waals surface area contributed by atoms with Gasteiger partial charge in [0, 0.05) is 17.2 Å². The number of nitrogens with zero attached hydrogens (tertiary/aromatic N) is 1. The first-order valence-corrected chi connectivity index (χ1v) is 6.99. The van der Waals surface area contributed by atoms with Gasteiger partial charge in [-0.2, -0.15) is 0 Å². The number of aliphatic carboxylic acids is 1. The molecule has 0 aliphatic heterocycles. The smallest absolute Gasteiger partial charge is 0.328 e. The predicted octanol–water partition coefficient (Wildman–Crippen LogP) is 3.85. The molecular weight excluding hydrogens is 290 g/mol. The van der Waals surface area contributed by atoms with Gasteiger partial charge in [0.15, 0.2) is 0 Å². The monoisotopic (exact) mass is 307 g/mol. The molecule has 0 spiro atoms. The lowest BCUT2D eigenvalue weighted by Gasteiger charge is -2.10. The number of carboxylic acids is 1. The molecule has 0 atom stereocenters. The molecule has 2 aromatic carbocycles. The van der Waals surface area contributed by atoms with Crippen molar-refractivity contribution in [1.29, 1.82) is 0 Å². The zero-order valence-electron chi connectivity index (χ0n) is 12.8. The van der Waals surface area contributed by atoms with Crippen LogP contribution in [0.15, 0.2) is 72.4 Å². The van der Waals surface area contributed by atoms with Crippen molar-refractivity contribution in [2.45, 2.75) is 0 Å². The second-order valence-corrected chi connectivity index (χ2v) is 4.76. The van der Waals surface area contributed by atoms with Crippen LogP contribution >= 0.6 is 0 Å². The maximum atomic E-state index is 10.5. The first-order valence-electron chi connectivity index (χ1n) is 6.99. The molecule has 0 radical (unpaired) electrons. The van der Waals surface area contributed by atoms with Gasteiger partial charge in [-0.1, -0.05) is 66.3 Å². The Balaban J connectivity index is 2.30. The van der Waals surface area contributed by atoms with Gasteiger partial charge in [0.25, 0.3) is 0 Å². The third-order valence-corrected chi connectivity index (χ3v) is 3.19. The van der Waals surface area contributed by atoms with Gasteiger partial charge in [-0.15, -0.1) is 0 Å². The summed E-state index contributed by atoms with van der Waals surface area (Å²) < 4.78 is 0. The van der Waals surface area contributed by atoms with Crippen molar-refractivity contribution < 1.29 is 14.7 Å². The summed E-state index contributed by atoms with van der Waals surface area (Å²) in [6.07, 6.45) is 2.63. The predicted molar refractivity (Wildman–Crippen MR) is 92.1 cm³/mol. The number of hydrogen-bond donors (Lipinski definition) is 1. The first-order chi connectivity index (χ1) is 11.1. The van der Waals surface area contributed by atoms with Gasteiger partial charge in [-0.3, -0.25) is 0 Å². The molecule has 0 aliphatic carbocycles. The summed E-state index contributed by atoms with van der Waals surface area (Å²) in [5.41, 5.74) is 3.97. The molecule has 0 fully saturated rings. The lowest BCUT2D eigenvalue weighted by Crippen LogP contribution is -2.04. The zero-order valence-corrected chi connectivity index (χ0v) is 12.8. The summed E-state index contributed by atoms with van der Waals surface area (Å²) >= 11 is 0. The molecular formula is C19H17NO3. The standard InChI is InChI=1S/C19H17NO3/c1-14(16-6-4-3-5-7-16)19(20-23-2)17-11-8-15(9-12-17)10-13-18(21)22/h3-13H,1H2,2H3,(H,21,22)/b13-10+,20-19+. The topological polar surface area (TPSA) is 58.9 Å². The van der Waals surface area contributed by atoms with E-state index in [1.54, 1.807) is 0 Å². The Bertz CT molecular complexity index is 744. The van der Waals surface area contributed by atoms with Crippen molar-refractivity contribution >= 4 is 23.3 Å². The number of carbonyl (C=O) groups is 1. The van der Waals surface area contributed by atoms with E-state index in [0.717, 1.165) is 28.3 Å². The Morgan fingerprint density at radius 1 is 1.09 bits per heavy atom. The van der Waals surface area contributed by atoms with E-state index in [4.69, 9.17) is 9.94 Å². The molecule has 0 saturated carbocycles. The molecule has 0 bridgehead atoms. The molecule has 23 heavy (non-hydrogen) atoms. The first kappa shape index (κ1) is 16.2. The Morgan fingerprint density at radius 2 is 1.74 bits per heavy atom. The minimum Gasteiger partial charge on any atom is -0.478 e. The quantitative estimate of drug-likeness (QED) is 0.501. The van der Waals surface area contributed by atoms with Crippen LogP contribution in [-0.4, -0.2) is 23.9 Å². The van der Waals surface area contributed by atoms with Gasteiger partial charge < -0.3 is 9.94 Å². The SMILES string of the molecule is C=C(/C(=N\OC)c1ccc(/C=C/C(=O)O)cc1)c1ccccc1. The highest BCUT2D eigenvalue weighted by Crippen LogP contribution is 2.20. The fraction of sp³-hybridized carbons (Fsp3) is 0.0526. The molecule has 1 N–H and O–H groups in total. The van der Waals surface area contributed by atoms with Gasteiger partial charge >= 0.3 is 5.97 Å². The van der Waals surface area contributed by atoms with Crippen LogP contribution in [0.25, 0.3) is 11.6 Å². The lowest BCUT2D eigenvalue weighted by molar-refractivity contribution is -0.131. The second kappa shape index (κ2) is 7.75. The molecule has 0 amide bonds. The molecule has 0 unspecified atom stereocenters. The number of allylic oxidation sites excluding steroid dienone is 1. The van der Waals surface area contributed by atoms with Crippen LogP contribution in [0.5, 0.6) is 0 Å². The number of benzene rings is 2. The normalized spacial score (nSPS) is 11.4. The summed E-state index contributed by atoms with van der Waals surface area (Å²) in [5, 5.41) is 12.7. The van der Waals surface area contributed by atoms with Crippen LogP contribution in [0, 0.1) is 0 Å². The van der Waals surface area contributed by atoms with Gasteiger partial charge in [-0.25, -0.2) is 4.79 Å². The largest absolute Gasteiger partial charge is 0.478 e. The minimum atomic E-state index is -0.979. The summed E-state index contributed by atoms with van der Waals surface area (Å²) in [6.45, 7) is 4.10. The highest BCUT2D eigenvalue weighted by molar-refractivity contribution is 6.31. The third kappa shape index (κ3) is 4.41. The van der Waals surface area contributed by atoms with Gasteiger partial charge in [0.05, 0.1) is 0 Å². The molecule has 0 aliphatic rings. The average molecular weight is 307 g/mol. The van der Waals surface area contributed by atoms with Crippen LogP contribution in [-0.2, 0) is 9.63 Å². The van der Waals surface area contributed by atoms with Gasteiger partial charge in [0.2, 0.25) is 0 Å². The fourth-order valence-corrected chi connectivity index (χ4v) is 2.07. The lowest BCUT2D eigenvalue weighted by atomic mass is 9.97. The van der Waals surface area contributed by atoms with Crippen LogP contribution < -0.4 is 0 Å². The van der Waals surface area contributed by atoms with E-state index in [1.807, 2.05) is 54.6 Å². The number of hydrogen-bond acceptors (Lipinski definition) is 3. The molecule has 0 aromatic heterocycles. The zero-order chi connectivity index (χ0) is 16.7. The van der Waals surface area contributed by atoms with E-state index >= 15 is 0 Å². The Labute approximate surface area is 135 Å². The molecule has 4 nitrogen and oxygen atoms in total. The highest BCUT2D eigenvalue weighted by atomic mass is 16.6. The van der Waals surface area contributed by atoms with Crippen molar-refractivity contribution in [1.82, 2.24) is 0 Å². The molecule has 2 aromatic rings. The molecule has 2 rings (SSSR count). The van der Waals surface area contributed by atoms with Crippen molar-refractivity contribution in [3.05, 3.63) is 83.9 Å². The van der Waals surface area contributed by atoms with E-state index in [0.29, 0.717) is 5.71 Å². The Morgan fingerprint density at radius 3 is 2.30 bits per heavy atom. The van der Waals surface area contributed by atoms with Crippen molar-refractivity contribution in [3.8, 4) is 0 Å². The van der Waals surface area contributed by atoms with Crippen LogP contribution in [0.2, 0.25) is 0 Å². The average Bonchev–Trinajstić information content (AvgIpc) is 2.58. The van der Waals surface area contributed by atoms with Crippen molar-refractivity contribution in [2.75, 3.05) is 7.11 Å². The Kier molecular flexibility index (Phi) is 5.47. The van der Waals surface area contributed by atoms with Crippen LogP contribution in [0.4, 0.5) is 0 Å². The fourth-order valence-electron chi connectivity index (χ4n) is 2.07. The highest BCUT2D eigenvalue weighted by Gasteiger charge is 2.11. The van der Waals surface area contributed by atoms with Crippen molar-refractivity contribution in [2.24, 2.45) is 5.16 Å². The number of rotatable bonds is 6. The summed E-state index contributed by atoms with van der Waals surface area (Å²) in [4.78, 5) is 15.5. The number of carboxylic acid groups (broad SMARTS) is 1.